The van der Waals surface area contributed by atoms with Gasteiger partial charge in [0.15, 0.2) is 0 Å². The van der Waals surface area contributed by atoms with Crippen LogP contribution >= 0.6 is 0 Å². The number of carbonyl (C=O) groups excluding carboxylic acids is 2. The van der Waals surface area contributed by atoms with Crippen molar-refractivity contribution in [1.29, 1.82) is 0 Å². The second-order valence-corrected chi connectivity index (χ2v) is 5.12. The number of carbonyl (C=O) groups is 2. The van der Waals surface area contributed by atoms with Crippen LogP contribution in [-0.4, -0.2) is 42.0 Å². The molecule has 92 valence electrons. The summed E-state index contributed by atoms with van der Waals surface area (Å²) < 4.78 is 0. The largest absolute Gasteiger partial charge is 0.351 e. The Balaban J connectivity index is 2.28. The van der Waals surface area contributed by atoms with E-state index in [0.29, 0.717) is 13.0 Å². The summed E-state index contributed by atoms with van der Waals surface area (Å²) in [6, 6.07) is -0.0604. The summed E-state index contributed by atoms with van der Waals surface area (Å²) in [4.78, 5) is 24.6. The molecule has 1 heterocycles. The van der Waals surface area contributed by atoms with Gasteiger partial charge in [0.25, 0.3) is 0 Å². The Morgan fingerprint density at radius 1 is 1.50 bits per heavy atom. The van der Waals surface area contributed by atoms with E-state index in [2.05, 4.69) is 10.6 Å². The molecule has 0 atom stereocenters. The van der Waals surface area contributed by atoms with Crippen molar-refractivity contribution in [2.75, 3.05) is 19.6 Å². The summed E-state index contributed by atoms with van der Waals surface area (Å²) in [6.45, 7) is 7.81. The van der Waals surface area contributed by atoms with Gasteiger partial charge in [-0.25, -0.2) is 4.79 Å². The van der Waals surface area contributed by atoms with Crippen LogP contribution in [-0.2, 0) is 4.79 Å². The van der Waals surface area contributed by atoms with Crippen molar-refractivity contribution in [2.45, 2.75) is 39.2 Å². The van der Waals surface area contributed by atoms with Crippen LogP contribution in [0.5, 0.6) is 0 Å². The normalized spacial score (nSPS) is 16.9. The molecule has 3 amide bonds. The molecule has 16 heavy (non-hydrogen) atoms. The topological polar surface area (TPSA) is 61.4 Å². The smallest absolute Gasteiger partial charge is 0.317 e. The van der Waals surface area contributed by atoms with Crippen molar-refractivity contribution in [3.8, 4) is 0 Å². The molecule has 0 spiro atoms. The molecule has 0 aliphatic carbocycles. The summed E-state index contributed by atoms with van der Waals surface area (Å²) in [5.41, 5.74) is -0.207. The van der Waals surface area contributed by atoms with Crippen LogP contribution in [0.25, 0.3) is 0 Å². The molecule has 0 aromatic heterocycles. The third-order valence-corrected chi connectivity index (χ3v) is 2.29. The molecule has 1 aliphatic rings. The molecule has 0 bridgehead atoms. The lowest BCUT2D eigenvalue weighted by atomic mass is 10.1. The third kappa shape index (κ3) is 4.51. The molecular weight excluding hydrogens is 206 g/mol. The van der Waals surface area contributed by atoms with Gasteiger partial charge in [-0.2, -0.15) is 0 Å². The highest BCUT2D eigenvalue weighted by atomic mass is 16.2. The Kier molecular flexibility index (Phi) is 4.15. The van der Waals surface area contributed by atoms with Crippen molar-refractivity contribution in [2.24, 2.45) is 0 Å². The van der Waals surface area contributed by atoms with E-state index < -0.39 is 0 Å². The van der Waals surface area contributed by atoms with Gasteiger partial charge in [-0.15, -0.1) is 0 Å². The monoisotopic (exact) mass is 227 g/mol. The number of nitrogens with one attached hydrogen (secondary N) is 2. The maximum atomic E-state index is 11.5. The maximum Gasteiger partial charge on any atom is 0.317 e. The van der Waals surface area contributed by atoms with Crippen LogP contribution < -0.4 is 10.6 Å². The summed E-state index contributed by atoms with van der Waals surface area (Å²) in [5, 5.41) is 5.64. The SMILES string of the molecule is CC(C)(C)NC(=O)CCN1CCCNC1=O. The minimum Gasteiger partial charge on any atom is -0.351 e. The predicted octanol–water partition coefficient (Wildman–Crippen LogP) is 0.706. The van der Waals surface area contributed by atoms with Gasteiger partial charge < -0.3 is 15.5 Å². The van der Waals surface area contributed by atoms with E-state index in [9.17, 15) is 9.59 Å². The molecule has 2 N–H and O–H groups in total. The lowest BCUT2D eigenvalue weighted by Gasteiger charge is -2.28. The van der Waals surface area contributed by atoms with Gasteiger partial charge >= 0.3 is 6.03 Å². The van der Waals surface area contributed by atoms with Gasteiger partial charge in [0.1, 0.15) is 0 Å². The van der Waals surface area contributed by atoms with Gasteiger partial charge in [-0.1, -0.05) is 0 Å². The number of nitrogens with zero attached hydrogens (tertiary/aromatic N) is 1. The first-order valence-corrected chi connectivity index (χ1v) is 5.72. The van der Waals surface area contributed by atoms with Gasteiger partial charge in [0, 0.05) is 31.6 Å². The van der Waals surface area contributed by atoms with E-state index >= 15 is 0 Å². The highest BCUT2D eigenvalue weighted by Crippen LogP contribution is 2.02. The Hall–Kier alpha value is -1.26. The lowest BCUT2D eigenvalue weighted by Crippen LogP contribution is -2.48. The van der Waals surface area contributed by atoms with Crippen LogP contribution in [0.3, 0.4) is 0 Å². The molecule has 5 heteroatoms. The quantitative estimate of drug-likeness (QED) is 0.746. The zero-order valence-corrected chi connectivity index (χ0v) is 10.3. The van der Waals surface area contributed by atoms with Gasteiger partial charge in [-0.05, 0) is 27.2 Å². The first-order valence-electron chi connectivity index (χ1n) is 5.72. The van der Waals surface area contributed by atoms with Crippen molar-refractivity contribution < 1.29 is 9.59 Å². The predicted molar refractivity (Wildman–Crippen MR) is 62.1 cm³/mol. The van der Waals surface area contributed by atoms with Gasteiger partial charge in [0.2, 0.25) is 5.91 Å². The molecule has 0 radical (unpaired) electrons. The van der Waals surface area contributed by atoms with Gasteiger partial charge in [-0.3, -0.25) is 4.79 Å². The van der Waals surface area contributed by atoms with E-state index in [1.807, 2.05) is 20.8 Å². The Bertz CT molecular complexity index is 271. The van der Waals surface area contributed by atoms with Crippen molar-refractivity contribution in [3.63, 3.8) is 0 Å². The van der Waals surface area contributed by atoms with Crippen LogP contribution in [0.2, 0.25) is 0 Å². The Labute approximate surface area is 96.6 Å². The highest BCUT2D eigenvalue weighted by Gasteiger charge is 2.19. The molecule has 1 aliphatic heterocycles. The summed E-state index contributed by atoms with van der Waals surface area (Å²) in [6.07, 6.45) is 1.32. The third-order valence-electron chi connectivity index (χ3n) is 2.29. The number of amides is 3. The first-order chi connectivity index (χ1) is 7.38. The summed E-state index contributed by atoms with van der Waals surface area (Å²) in [7, 11) is 0. The van der Waals surface area contributed by atoms with Crippen LogP contribution in [0, 0.1) is 0 Å². The second-order valence-electron chi connectivity index (χ2n) is 5.12. The van der Waals surface area contributed by atoms with E-state index in [4.69, 9.17) is 0 Å². The fourth-order valence-corrected chi connectivity index (χ4v) is 1.61. The van der Waals surface area contributed by atoms with Crippen molar-refractivity contribution in [3.05, 3.63) is 0 Å². The Morgan fingerprint density at radius 3 is 2.75 bits per heavy atom. The lowest BCUT2D eigenvalue weighted by molar-refractivity contribution is -0.122. The first kappa shape index (κ1) is 12.8. The van der Waals surface area contributed by atoms with Crippen LogP contribution in [0.1, 0.15) is 33.6 Å². The molecule has 5 nitrogen and oxygen atoms in total. The number of rotatable bonds is 3. The fraction of sp³-hybridized carbons (Fsp3) is 0.818. The molecular formula is C11H21N3O2. The average molecular weight is 227 g/mol. The zero-order valence-electron chi connectivity index (χ0n) is 10.3. The maximum absolute atomic E-state index is 11.5. The minimum absolute atomic E-state index is 0.00845. The van der Waals surface area contributed by atoms with E-state index in [1.54, 1.807) is 4.90 Å². The van der Waals surface area contributed by atoms with E-state index in [-0.39, 0.29) is 17.5 Å². The zero-order chi connectivity index (χ0) is 12.2. The molecule has 1 saturated heterocycles. The van der Waals surface area contributed by atoms with E-state index in [0.717, 1.165) is 19.5 Å². The van der Waals surface area contributed by atoms with Crippen molar-refractivity contribution in [1.82, 2.24) is 15.5 Å². The van der Waals surface area contributed by atoms with Crippen molar-refractivity contribution >= 4 is 11.9 Å². The average Bonchev–Trinajstić information content (AvgIpc) is 2.14. The second kappa shape index (κ2) is 5.18. The molecule has 0 saturated carbocycles. The summed E-state index contributed by atoms with van der Waals surface area (Å²) in [5.74, 6) is -0.00845. The van der Waals surface area contributed by atoms with Crippen LogP contribution in [0.4, 0.5) is 4.79 Å². The molecule has 0 unspecified atom stereocenters. The number of hydrogen-bond donors (Lipinski definition) is 2. The molecule has 0 aromatic carbocycles. The van der Waals surface area contributed by atoms with Crippen LogP contribution in [0.15, 0.2) is 0 Å². The number of urea groups is 1. The number of hydrogen-bond acceptors (Lipinski definition) is 2. The molecule has 0 aromatic rings. The van der Waals surface area contributed by atoms with Gasteiger partial charge in [0.05, 0.1) is 0 Å². The van der Waals surface area contributed by atoms with E-state index in [1.165, 1.54) is 0 Å². The fourth-order valence-electron chi connectivity index (χ4n) is 1.61. The standard InChI is InChI=1S/C11H21N3O2/c1-11(2,3)13-9(15)5-8-14-7-4-6-12-10(14)16/h4-8H2,1-3H3,(H,12,16)(H,13,15). The molecule has 1 rings (SSSR count). The Morgan fingerprint density at radius 2 is 2.19 bits per heavy atom. The molecule has 1 fully saturated rings. The highest BCUT2D eigenvalue weighted by molar-refractivity contribution is 5.79. The minimum atomic E-state index is -0.207. The summed E-state index contributed by atoms with van der Waals surface area (Å²) >= 11 is 0.